The fraction of sp³-hybridized carbons (Fsp3) is 0.455. The van der Waals surface area contributed by atoms with E-state index in [4.69, 9.17) is 9.47 Å². The highest BCUT2D eigenvalue weighted by Crippen LogP contribution is 2.25. The molecular formula is C22H30N2O5S. The van der Waals surface area contributed by atoms with Crippen LogP contribution in [-0.4, -0.2) is 61.1 Å². The molecule has 30 heavy (non-hydrogen) atoms. The van der Waals surface area contributed by atoms with Crippen LogP contribution in [0.3, 0.4) is 0 Å². The highest BCUT2D eigenvalue weighted by molar-refractivity contribution is 7.86. The molecular weight excluding hydrogens is 404 g/mol. The summed E-state index contributed by atoms with van der Waals surface area (Å²) in [7, 11) is -2.26. The third-order valence-electron chi connectivity index (χ3n) is 5.10. The lowest BCUT2D eigenvalue weighted by Crippen LogP contribution is -2.53. The topological polar surface area (TPSA) is 79.3 Å². The second-order valence-electron chi connectivity index (χ2n) is 7.65. The van der Waals surface area contributed by atoms with Crippen molar-refractivity contribution < 1.29 is 23.0 Å². The molecule has 2 aromatic rings. The van der Waals surface area contributed by atoms with Gasteiger partial charge in [-0.2, -0.15) is 17.0 Å². The minimum Gasteiger partial charge on any atom is -0.497 e. The number of aliphatic hydroxyl groups excluding tert-OH is 1. The minimum absolute atomic E-state index is 0.0650. The van der Waals surface area contributed by atoms with Gasteiger partial charge >= 0.3 is 0 Å². The zero-order valence-corrected chi connectivity index (χ0v) is 18.5. The molecule has 1 heterocycles. The molecule has 8 heteroatoms. The van der Waals surface area contributed by atoms with Gasteiger partial charge in [0.25, 0.3) is 10.2 Å². The van der Waals surface area contributed by atoms with Gasteiger partial charge in [-0.05, 0) is 37.1 Å². The van der Waals surface area contributed by atoms with E-state index in [0.29, 0.717) is 11.3 Å². The molecule has 0 aromatic heterocycles. The monoisotopic (exact) mass is 434 g/mol. The molecule has 1 fully saturated rings. The highest BCUT2D eigenvalue weighted by atomic mass is 32.2. The minimum atomic E-state index is -3.81. The fourth-order valence-corrected chi connectivity index (χ4v) is 5.42. The van der Waals surface area contributed by atoms with Crippen LogP contribution < -0.4 is 4.74 Å². The maximum absolute atomic E-state index is 13.5. The SMILES string of the molecule is COc1cccc(C(O)CN(Cc2ccccc2)S(=O)(=O)N2CC(C)OC(C)C2)c1. The maximum Gasteiger partial charge on any atom is 0.282 e. The van der Waals surface area contributed by atoms with Gasteiger partial charge in [0.15, 0.2) is 0 Å². The number of morpholine rings is 1. The van der Waals surface area contributed by atoms with Crippen molar-refractivity contribution in [1.29, 1.82) is 0 Å². The Bertz CT molecular complexity index is 912. The van der Waals surface area contributed by atoms with Crippen molar-refractivity contribution >= 4 is 10.2 Å². The molecule has 164 valence electrons. The van der Waals surface area contributed by atoms with Crippen molar-refractivity contribution in [3.05, 3.63) is 65.7 Å². The van der Waals surface area contributed by atoms with Crippen LogP contribution in [0.5, 0.6) is 5.75 Å². The predicted molar refractivity (Wildman–Crippen MR) is 115 cm³/mol. The predicted octanol–water partition coefficient (Wildman–Crippen LogP) is 2.58. The van der Waals surface area contributed by atoms with E-state index in [-0.39, 0.29) is 38.4 Å². The van der Waals surface area contributed by atoms with Gasteiger partial charge in [-0.15, -0.1) is 0 Å². The molecule has 0 saturated carbocycles. The molecule has 0 spiro atoms. The lowest BCUT2D eigenvalue weighted by atomic mass is 10.1. The Morgan fingerprint density at radius 3 is 2.43 bits per heavy atom. The molecule has 7 nitrogen and oxygen atoms in total. The Morgan fingerprint density at radius 2 is 1.80 bits per heavy atom. The molecule has 0 aliphatic carbocycles. The second-order valence-corrected chi connectivity index (χ2v) is 9.58. The van der Waals surface area contributed by atoms with E-state index in [2.05, 4.69) is 0 Å². The molecule has 2 aromatic carbocycles. The maximum atomic E-state index is 13.5. The van der Waals surface area contributed by atoms with Gasteiger partial charge in [0.2, 0.25) is 0 Å². The zero-order valence-electron chi connectivity index (χ0n) is 17.6. The second kappa shape index (κ2) is 9.89. The Hall–Kier alpha value is -1.97. The molecule has 0 radical (unpaired) electrons. The van der Waals surface area contributed by atoms with Crippen LogP contribution >= 0.6 is 0 Å². The molecule has 0 amide bonds. The molecule has 3 rings (SSSR count). The Balaban J connectivity index is 1.87. The van der Waals surface area contributed by atoms with Crippen LogP contribution in [0.1, 0.15) is 31.1 Å². The van der Waals surface area contributed by atoms with Crippen molar-refractivity contribution in [3.8, 4) is 5.75 Å². The van der Waals surface area contributed by atoms with Crippen LogP contribution in [-0.2, 0) is 21.5 Å². The Labute approximate surface area is 179 Å². The summed E-state index contributed by atoms with van der Waals surface area (Å²) in [4.78, 5) is 0. The van der Waals surface area contributed by atoms with Gasteiger partial charge in [-0.25, -0.2) is 0 Å². The van der Waals surface area contributed by atoms with E-state index in [0.717, 1.165) is 5.56 Å². The van der Waals surface area contributed by atoms with E-state index >= 15 is 0 Å². The molecule has 1 aliphatic heterocycles. The van der Waals surface area contributed by atoms with Crippen molar-refractivity contribution in [3.63, 3.8) is 0 Å². The number of ether oxygens (including phenoxy) is 2. The summed E-state index contributed by atoms with van der Waals surface area (Å²) in [5.74, 6) is 0.611. The summed E-state index contributed by atoms with van der Waals surface area (Å²) in [6.07, 6.45) is -1.37. The first-order valence-corrected chi connectivity index (χ1v) is 11.5. The molecule has 1 N–H and O–H groups in total. The lowest BCUT2D eigenvalue weighted by molar-refractivity contribution is -0.0458. The summed E-state index contributed by atoms with van der Waals surface area (Å²) in [5.41, 5.74) is 1.46. The first kappa shape index (κ1) is 22.7. The number of benzene rings is 2. The summed E-state index contributed by atoms with van der Waals surface area (Å²) in [5, 5.41) is 10.8. The molecule has 3 atom stereocenters. The van der Waals surface area contributed by atoms with Crippen LogP contribution in [0.15, 0.2) is 54.6 Å². The van der Waals surface area contributed by atoms with E-state index in [1.807, 2.05) is 44.2 Å². The van der Waals surface area contributed by atoms with Crippen LogP contribution in [0.4, 0.5) is 0 Å². The van der Waals surface area contributed by atoms with Gasteiger partial charge in [0, 0.05) is 26.2 Å². The van der Waals surface area contributed by atoms with Crippen LogP contribution in [0, 0.1) is 0 Å². The quantitative estimate of drug-likeness (QED) is 0.691. The van der Waals surface area contributed by atoms with Crippen molar-refractivity contribution in [2.75, 3.05) is 26.7 Å². The summed E-state index contributed by atoms with van der Waals surface area (Å²) in [6.45, 7) is 4.41. The lowest BCUT2D eigenvalue weighted by Gasteiger charge is -2.38. The van der Waals surface area contributed by atoms with Gasteiger partial charge in [-0.3, -0.25) is 0 Å². The molecule has 1 aliphatic rings. The Morgan fingerprint density at radius 1 is 1.13 bits per heavy atom. The van der Waals surface area contributed by atoms with Gasteiger partial charge in [0.1, 0.15) is 5.75 Å². The fourth-order valence-electron chi connectivity index (χ4n) is 3.66. The smallest absolute Gasteiger partial charge is 0.282 e. The third kappa shape index (κ3) is 5.59. The highest BCUT2D eigenvalue weighted by Gasteiger charge is 2.36. The van der Waals surface area contributed by atoms with E-state index < -0.39 is 16.3 Å². The standard InChI is InChI=1S/C22H30N2O5S/c1-17-13-23(14-18(2)29-17)30(26,27)24(15-19-8-5-4-6-9-19)16-22(25)20-10-7-11-21(12-20)28-3/h4-12,17-18,22,25H,13-16H2,1-3H3. The number of hydrogen-bond acceptors (Lipinski definition) is 5. The van der Waals surface area contributed by atoms with Crippen molar-refractivity contribution in [1.82, 2.24) is 8.61 Å². The van der Waals surface area contributed by atoms with Crippen LogP contribution in [0.25, 0.3) is 0 Å². The first-order valence-electron chi connectivity index (χ1n) is 10.1. The Kier molecular flexibility index (Phi) is 7.49. The number of nitrogens with zero attached hydrogens (tertiary/aromatic N) is 2. The average Bonchev–Trinajstić information content (AvgIpc) is 2.73. The van der Waals surface area contributed by atoms with Crippen molar-refractivity contribution in [2.24, 2.45) is 0 Å². The van der Waals surface area contributed by atoms with E-state index in [1.165, 1.54) is 8.61 Å². The van der Waals surface area contributed by atoms with Gasteiger partial charge in [-0.1, -0.05) is 42.5 Å². The van der Waals surface area contributed by atoms with Crippen molar-refractivity contribution in [2.45, 2.75) is 38.7 Å². The van der Waals surface area contributed by atoms with E-state index in [9.17, 15) is 13.5 Å². The van der Waals surface area contributed by atoms with Crippen LogP contribution in [0.2, 0.25) is 0 Å². The average molecular weight is 435 g/mol. The number of aliphatic hydroxyl groups is 1. The number of methoxy groups -OCH3 is 1. The van der Waals surface area contributed by atoms with E-state index in [1.54, 1.807) is 31.4 Å². The summed E-state index contributed by atoms with van der Waals surface area (Å²) >= 11 is 0. The first-order chi connectivity index (χ1) is 14.3. The molecule has 3 unspecified atom stereocenters. The zero-order chi connectivity index (χ0) is 21.7. The largest absolute Gasteiger partial charge is 0.497 e. The third-order valence-corrected chi connectivity index (χ3v) is 6.98. The molecule has 1 saturated heterocycles. The number of rotatable bonds is 8. The summed E-state index contributed by atoms with van der Waals surface area (Å²) in [6, 6.07) is 16.4. The normalized spacial score (nSPS) is 21.5. The number of hydrogen-bond donors (Lipinski definition) is 1. The molecule has 0 bridgehead atoms. The van der Waals surface area contributed by atoms with Gasteiger partial charge < -0.3 is 14.6 Å². The summed E-state index contributed by atoms with van der Waals surface area (Å²) < 4.78 is 40.8. The van der Waals surface area contributed by atoms with Gasteiger partial charge in [0.05, 0.1) is 25.4 Å².